The number of carbonyl (C=O) groups excluding carboxylic acids is 1. The van der Waals surface area contributed by atoms with Crippen molar-refractivity contribution in [3.05, 3.63) is 34.6 Å². The van der Waals surface area contributed by atoms with E-state index in [1.165, 1.54) is 18.2 Å². The van der Waals surface area contributed by atoms with Crippen LogP contribution in [-0.2, 0) is 0 Å². The highest BCUT2D eigenvalue weighted by molar-refractivity contribution is 9.09. The molecule has 0 aromatic heterocycles. The molecule has 1 N–H and O–H groups in total. The van der Waals surface area contributed by atoms with Gasteiger partial charge in [0.05, 0.1) is 5.56 Å². The second-order valence-electron chi connectivity index (χ2n) is 4.91. The molecule has 0 saturated carbocycles. The van der Waals surface area contributed by atoms with Gasteiger partial charge in [0.1, 0.15) is 5.82 Å². The van der Waals surface area contributed by atoms with Crippen molar-refractivity contribution in [1.29, 1.82) is 0 Å². The maximum Gasteiger partial charge on any atom is 0.254 e. The fourth-order valence-electron chi connectivity index (χ4n) is 1.43. The molecule has 0 aliphatic heterocycles. The highest BCUT2D eigenvalue weighted by atomic mass is 79.9. The van der Waals surface area contributed by atoms with Crippen molar-refractivity contribution in [2.24, 2.45) is 5.41 Å². The topological polar surface area (TPSA) is 29.1 Å². The van der Waals surface area contributed by atoms with Crippen LogP contribution in [0.1, 0.15) is 30.6 Å². The smallest absolute Gasteiger partial charge is 0.254 e. The molecule has 1 amide bonds. The molecule has 5 heteroatoms. The van der Waals surface area contributed by atoms with Gasteiger partial charge in [-0.05, 0) is 30.0 Å². The Hall–Kier alpha value is -0.610. The van der Waals surface area contributed by atoms with Gasteiger partial charge in [0.2, 0.25) is 0 Å². The van der Waals surface area contributed by atoms with Gasteiger partial charge in [0.25, 0.3) is 5.91 Å². The van der Waals surface area contributed by atoms with Crippen LogP contribution in [0.3, 0.4) is 0 Å². The lowest BCUT2D eigenvalue weighted by Crippen LogP contribution is -2.34. The first-order chi connectivity index (χ1) is 8.35. The predicted octanol–water partition coefficient (Wildman–Crippen LogP) is 4.02. The molecule has 0 radical (unpaired) electrons. The predicted molar refractivity (Wildman–Crippen MR) is 75.9 cm³/mol. The second kappa shape index (κ2) is 6.53. The average Bonchev–Trinajstić information content (AvgIpc) is 2.29. The van der Waals surface area contributed by atoms with Crippen LogP contribution in [0.4, 0.5) is 4.39 Å². The minimum absolute atomic E-state index is 0.0165. The van der Waals surface area contributed by atoms with E-state index in [2.05, 4.69) is 21.2 Å². The number of benzene rings is 1. The highest BCUT2D eigenvalue weighted by Crippen LogP contribution is 2.20. The fraction of sp³-hybridized carbons (Fsp3) is 0.462. The summed E-state index contributed by atoms with van der Waals surface area (Å²) in [7, 11) is 0. The van der Waals surface area contributed by atoms with Crippen LogP contribution < -0.4 is 5.32 Å². The van der Waals surface area contributed by atoms with Crippen LogP contribution in [0, 0.1) is 11.2 Å². The normalized spacial score (nSPS) is 11.4. The van der Waals surface area contributed by atoms with Crippen molar-refractivity contribution in [2.45, 2.75) is 20.3 Å². The molecule has 1 aromatic rings. The third-order valence-corrected chi connectivity index (χ3v) is 3.30. The zero-order chi connectivity index (χ0) is 13.8. The maximum absolute atomic E-state index is 13.5. The SMILES string of the molecule is CC(C)(CCBr)CNC(=O)c1cc(Cl)ccc1F. The molecular weight excluding hydrogens is 321 g/mol. The second-order valence-corrected chi connectivity index (χ2v) is 6.14. The first kappa shape index (κ1) is 15.4. The summed E-state index contributed by atoms with van der Waals surface area (Å²) in [6.07, 6.45) is 0.922. The standard InChI is InChI=1S/C13H16BrClFNO/c1-13(2,5-6-14)8-17-12(18)10-7-9(15)3-4-11(10)16/h3-4,7H,5-6,8H2,1-2H3,(H,17,18). The van der Waals surface area contributed by atoms with E-state index in [9.17, 15) is 9.18 Å². The van der Waals surface area contributed by atoms with E-state index >= 15 is 0 Å². The molecule has 1 rings (SSSR count). The molecule has 0 atom stereocenters. The lowest BCUT2D eigenvalue weighted by atomic mass is 9.90. The van der Waals surface area contributed by atoms with Crippen molar-refractivity contribution in [2.75, 3.05) is 11.9 Å². The molecule has 0 aliphatic rings. The highest BCUT2D eigenvalue weighted by Gasteiger charge is 2.19. The minimum atomic E-state index is -0.560. The van der Waals surface area contributed by atoms with Gasteiger partial charge >= 0.3 is 0 Å². The van der Waals surface area contributed by atoms with Crippen LogP contribution in [0.2, 0.25) is 5.02 Å². The van der Waals surface area contributed by atoms with E-state index < -0.39 is 11.7 Å². The largest absolute Gasteiger partial charge is 0.351 e. The Morgan fingerprint density at radius 3 is 2.78 bits per heavy atom. The molecule has 0 saturated heterocycles. The van der Waals surface area contributed by atoms with Gasteiger partial charge in [-0.3, -0.25) is 4.79 Å². The van der Waals surface area contributed by atoms with E-state index in [4.69, 9.17) is 11.6 Å². The summed E-state index contributed by atoms with van der Waals surface area (Å²) in [4.78, 5) is 11.8. The number of carbonyl (C=O) groups is 1. The number of hydrogen-bond donors (Lipinski definition) is 1. The Morgan fingerprint density at radius 1 is 1.50 bits per heavy atom. The molecule has 18 heavy (non-hydrogen) atoms. The van der Waals surface area contributed by atoms with Crippen molar-refractivity contribution >= 4 is 33.4 Å². The van der Waals surface area contributed by atoms with Crippen LogP contribution >= 0.6 is 27.5 Å². The van der Waals surface area contributed by atoms with Crippen LogP contribution in [0.5, 0.6) is 0 Å². The van der Waals surface area contributed by atoms with Gasteiger partial charge in [0, 0.05) is 16.9 Å². The van der Waals surface area contributed by atoms with Gasteiger partial charge in [-0.1, -0.05) is 41.4 Å². The third-order valence-electron chi connectivity index (χ3n) is 2.67. The third kappa shape index (κ3) is 4.58. The Balaban J connectivity index is 2.69. The molecular formula is C13H16BrClFNO. The van der Waals surface area contributed by atoms with E-state index in [1.54, 1.807) is 0 Å². The Bertz CT molecular complexity index is 437. The van der Waals surface area contributed by atoms with Crippen molar-refractivity contribution < 1.29 is 9.18 Å². The molecule has 2 nitrogen and oxygen atoms in total. The number of nitrogens with one attached hydrogen (secondary N) is 1. The number of amides is 1. The summed E-state index contributed by atoms with van der Waals surface area (Å²) in [6.45, 7) is 4.58. The first-order valence-electron chi connectivity index (χ1n) is 5.65. The van der Waals surface area contributed by atoms with Gasteiger partial charge in [0.15, 0.2) is 0 Å². The quantitative estimate of drug-likeness (QED) is 0.808. The zero-order valence-corrected chi connectivity index (χ0v) is 12.7. The summed E-state index contributed by atoms with van der Waals surface area (Å²) >= 11 is 9.12. The monoisotopic (exact) mass is 335 g/mol. The number of halogens is 3. The molecule has 100 valence electrons. The van der Waals surface area contributed by atoms with Crippen molar-refractivity contribution in [3.8, 4) is 0 Å². The molecule has 1 aromatic carbocycles. The lowest BCUT2D eigenvalue weighted by molar-refractivity contribution is 0.0932. The fourth-order valence-corrected chi connectivity index (χ4v) is 2.68. The first-order valence-corrected chi connectivity index (χ1v) is 7.15. The summed E-state index contributed by atoms with van der Waals surface area (Å²) in [5.74, 6) is -0.993. The summed E-state index contributed by atoms with van der Waals surface area (Å²) in [6, 6.07) is 3.95. The Labute approximate surface area is 120 Å². The molecule has 0 fully saturated rings. The summed E-state index contributed by atoms with van der Waals surface area (Å²) < 4.78 is 13.5. The van der Waals surface area contributed by atoms with E-state index in [-0.39, 0.29) is 11.0 Å². The van der Waals surface area contributed by atoms with Crippen LogP contribution in [-0.4, -0.2) is 17.8 Å². The zero-order valence-electron chi connectivity index (χ0n) is 10.4. The summed E-state index contributed by atoms with van der Waals surface area (Å²) in [5.41, 5.74) is -0.0501. The number of rotatable bonds is 5. The van der Waals surface area contributed by atoms with E-state index in [1.807, 2.05) is 13.8 Å². The maximum atomic E-state index is 13.5. The molecule has 0 heterocycles. The minimum Gasteiger partial charge on any atom is -0.351 e. The van der Waals surface area contributed by atoms with Crippen LogP contribution in [0.25, 0.3) is 0 Å². The van der Waals surface area contributed by atoms with E-state index in [0.29, 0.717) is 11.6 Å². The lowest BCUT2D eigenvalue weighted by Gasteiger charge is -2.23. The number of alkyl halides is 1. The van der Waals surface area contributed by atoms with Gasteiger partial charge in [-0.25, -0.2) is 4.39 Å². The van der Waals surface area contributed by atoms with E-state index in [0.717, 1.165) is 11.8 Å². The van der Waals surface area contributed by atoms with Gasteiger partial charge < -0.3 is 5.32 Å². The molecule has 0 bridgehead atoms. The number of hydrogen-bond acceptors (Lipinski definition) is 1. The van der Waals surface area contributed by atoms with Gasteiger partial charge in [-0.2, -0.15) is 0 Å². The van der Waals surface area contributed by atoms with Gasteiger partial charge in [-0.15, -0.1) is 0 Å². The Kier molecular flexibility index (Phi) is 5.60. The van der Waals surface area contributed by atoms with Crippen molar-refractivity contribution in [3.63, 3.8) is 0 Å². The van der Waals surface area contributed by atoms with Crippen LogP contribution in [0.15, 0.2) is 18.2 Å². The summed E-state index contributed by atoms with van der Waals surface area (Å²) in [5, 5.41) is 3.94. The average molecular weight is 337 g/mol. The molecule has 0 unspecified atom stereocenters. The molecule has 0 aliphatic carbocycles. The molecule has 0 spiro atoms. The Morgan fingerprint density at radius 2 is 2.17 bits per heavy atom. The van der Waals surface area contributed by atoms with Crippen molar-refractivity contribution in [1.82, 2.24) is 5.32 Å².